The van der Waals surface area contributed by atoms with E-state index in [2.05, 4.69) is 143 Å². The highest BCUT2D eigenvalue weighted by atomic mass is 16.3. The normalized spacial score (nSPS) is 11.6. The molecule has 0 aliphatic rings. The Kier molecular flexibility index (Phi) is 4.82. The summed E-state index contributed by atoms with van der Waals surface area (Å²) in [5.41, 5.74) is 8.49. The van der Waals surface area contributed by atoms with Crippen molar-refractivity contribution in [3.8, 4) is 5.69 Å². The highest BCUT2D eigenvalue weighted by Gasteiger charge is 2.20. The van der Waals surface area contributed by atoms with Gasteiger partial charge in [0.05, 0.1) is 11.2 Å². The van der Waals surface area contributed by atoms with Crippen molar-refractivity contribution >= 4 is 60.8 Å². The topological polar surface area (TPSA) is 21.3 Å². The van der Waals surface area contributed by atoms with Gasteiger partial charge >= 0.3 is 0 Å². The van der Waals surface area contributed by atoms with Gasteiger partial charge in [0.1, 0.15) is 11.1 Å². The van der Waals surface area contributed by atoms with E-state index < -0.39 is 0 Å². The largest absolute Gasteiger partial charge is 0.454 e. The third-order valence-electron chi connectivity index (χ3n) is 7.55. The summed E-state index contributed by atoms with van der Waals surface area (Å²) in [6, 6.07) is 51.3. The Labute approximate surface area is 225 Å². The lowest BCUT2D eigenvalue weighted by Crippen LogP contribution is -2.11. The van der Waals surface area contributed by atoms with Crippen molar-refractivity contribution in [3.63, 3.8) is 0 Å². The molecule has 8 rings (SSSR count). The van der Waals surface area contributed by atoms with Gasteiger partial charge in [0.25, 0.3) is 0 Å². The number of anilines is 3. The Hall–Kier alpha value is -5.28. The van der Waals surface area contributed by atoms with E-state index in [4.69, 9.17) is 4.42 Å². The van der Waals surface area contributed by atoms with Gasteiger partial charge in [-0.1, -0.05) is 84.9 Å². The minimum absolute atomic E-state index is 0.903. The predicted molar refractivity (Wildman–Crippen MR) is 163 cm³/mol. The van der Waals surface area contributed by atoms with Gasteiger partial charge in [0.15, 0.2) is 5.58 Å². The van der Waals surface area contributed by atoms with Crippen molar-refractivity contribution in [2.45, 2.75) is 0 Å². The molecule has 0 aliphatic heterocycles. The molecule has 0 spiro atoms. The Morgan fingerprint density at radius 1 is 0.513 bits per heavy atom. The fourth-order valence-electron chi connectivity index (χ4n) is 5.86. The van der Waals surface area contributed by atoms with Crippen LogP contribution in [0.2, 0.25) is 0 Å². The molecule has 0 N–H and O–H groups in total. The van der Waals surface area contributed by atoms with E-state index in [1.807, 2.05) is 12.1 Å². The first-order chi connectivity index (χ1) is 19.4. The summed E-state index contributed by atoms with van der Waals surface area (Å²) in [7, 11) is 0. The van der Waals surface area contributed by atoms with Crippen LogP contribution in [-0.2, 0) is 0 Å². The maximum Gasteiger partial charge on any atom is 0.161 e. The van der Waals surface area contributed by atoms with Gasteiger partial charge < -0.3 is 13.9 Å². The van der Waals surface area contributed by atoms with Gasteiger partial charge in [0, 0.05) is 33.2 Å². The minimum Gasteiger partial charge on any atom is -0.454 e. The second-order valence-corrected chi connectivity index (χ2v) is 9.82. The van der Waals surface area contributed by atoms with Crippen LogP contribution in [0.1, 0.15) is 0 Å². The Morgan fingerprint density at radius 3 is 2.08 bits per heavy atom. The van der Waals surface area contributed by atoms with Crippen LogP contribution in [0.4, 0.5) is 17.1 Å². The SMILES string of the molecule is c1ccc(N(c2cccc(-n3c4ccccc4c4oc5ccccc5c43)c2)c2cccc3ccccc23)cc1. The summed E-state index contributed by atoms with van der Waals surface area (Å²) in [4.78, 5) is 2.35. The fraction of sp³-hybridized carbons (Fsp3) is 0. The molecule has 0 saturated heterocycles. The first-order valence-electron chi connectivity index (χ1n) is 13.2. The number of fused-ring (bicyclic) bond motifs is 6. The van der Waals surface area contributed by atoms with Crippen LogP contribution in [-0.4, -0.2) is 4.57 Å². The van der Waals surface area contributed by atoms with Gasteiger partial charge in [-0.15, -0.1) is 0 Å². The first-order valence-corrected chi connectivity index (χ1v) is 13.2. The molecule has 0 radical (unpaired) electrons. The Balaban J connectivity index is 1.41. The van der Waals surface area contributed by atoms with Gasteiger partial charge in [0.2, 0.25) is 0 Å². The minimum atomic E-state index is 0.903. The summed E-state index contributed by atoms with van der Waals surface area (Å²) in [6.45, 7) is 0. The molecule has 2 heterocycles. The molecule has 3 nitrogen and oxygen atoms in total. The summed E-state index contributed by atoms with van der Waals surface area (Å²) in [6.07, 6.45) is 0. The zero-order valence-corrected chi connectivity index (χ0v) is 21.2. The summed E-state index contributed by atoms with van der Waals surface area (Å²) in [5.74, 6) is 0. The summed E-state index contributed by atoms with van der Waals surface area (Å²) in [5, 5.41) is 4.66. The molecular weight excluding hydrogens is 476 g/mol. The lowest BCUT2D eigenvalue weighted by atomic mass is 10.1. The van der Waals surface area contributed by atoms with Gasteiger partial charge in [-0.25, -0.2) is 0 Å². The number of para-hydroxylation sites is 3. The smallest absolute Gasteiger partial charge is 0.161 e. The second kappa shape index (κ2) is 8.64. The van der Waals surface area contributed by atoms with Crippen molar-refractivity contribution in [2.24, 2.45) is 0 Å². The molecule has 8 aromatic rings. The first kappa shape index (κ1) is 21.8. The van der Waals surface area contributed by atoms with Crippen LogP contribution < -0.4 is 4.90 Å². The van der Waals surface area contributed by atoms with Crippen LogP contribution in [0.5, 0.6) is 0 Å². The molecule has 3 heteroatoms. The number of hydrogen-bond donors (Lipinski definition) is 0. The summed E-state index contributed by atoms with van der Waals surface area (Å²) < 4.78 is 8.74. The molecule has 0 fully saturated rings. The predicted octanol–water partition coefficient (Wildman–Crippen LogP) is 10.2. The van der Waals surface area contributed by atoms with Crippen molar-refractivity contribution in [2.75, 3.05) is 4.90 Å². The highest BCUT2D eigenvalue weighted by molar-refractivity contribution is 6.16. The van der Waals surface area contributed by atoms with E-state index in [1.165, 1.54) is 10.8 Å². The molecule has 6 aromatic carbocycles. The Morgan fingerprint density at radius 2 is 1.18 bits per heavy atom. The van der Waals surface area contributed by atoms with Crippen LogP contribution >= 0.6 is 0 Å². The second-order valence-electron chi connectivity index (χ2n) is 9.82. The van der Waals surface area contributed by atoms with E-state index in [0.717, 1.165) is 55.7 Å². The number of rotatable bonds is 4. The van der Waals surface area contributed by atoms with Crippen molar-refractivity contribution in [3.05, 3.63) is 146 Å². The molecule has 0 amide bonds. The molecule has 0 unspecified atom stereocenters. The molecular formula is C36H24N2O. The quantitative estimate of drug-likeness (QED) is 0.240. The zero-order chi connectivity index (χ0) is 25.8. The summed E-state index contributed by atoms with van der Waals surface area (Å²) >= 11 is 0. The highest BCUT2D eigenvalue weighted by Crippen LogP contribution is 2.42. The van der Waals surface area contributed by atoms with Crippen LogP contribution in [0.15, 0.2) is 150 Å². The van der Waals surface area contributed by atoms with Gasteiger partial charge in [-0.3, -0.25) is 0 Å². The third kappa shape index (κ3) is 3.37. The number of hydrogen-bond acceptors (Lipinski definition) is 2. The van der Waals surface area contributed by atoms with E-state index in [-0.39, 0.29) is 0 Å². The third-order valence-corrected chi connectivity index (χ3v) is 7.55. The lowest BCUT2D eigenvalue weighted by Gasteiger charge is -2.27. The van der Waals surface area contributed by atoms with Crippen LogP contribution in [0.3, 0.4) is 0 Å². The van der Waals surface area contributed by atoms with E-state index >= 15 is 0 Å². The number of aromatic nitrogens is 1. The molecule has 0 atom stereocenters. The number of benzene rings is 6. The number of nitrogens with zero attached hydrogens (tertiary/aromatic N) is 2. The van der Waals surface area contributed by atoms with Gasteiger partial charge in [-0.05, 0) is 66.0 Å². The molecule has 184 valence electrons. The maximum absolute atomic E-state index is 6.40. The lowest BCUT2D eigenvalue weighted by molar-refractivity contribution is 0.673. The standard InChI is InChI=1S/C36H24N2O/c1-2-14-26(15-3-1)37(32-22-10-13-25-12-4-5-18-29(25)32)27-16-11-17-28(24-27)38-33-21-8-6-19-30(33)36-35(38)31-20-7-9-23-34(31)39-36/h1-24H. The molecule has 2 aromatic heterocycles. The van der Waals surface area contributed by atoms with E-state index in [1.54, 1.807) is 0 Å². The molecule has 39 heavy (non-hydrogen) atoms. The van der Waals surface area contributed by atoms with E-state index in [9.17, 15) is 0 Å². The monoisotopic (exact) mass is 500 g/mol. The van der Waals surface area contributed by atoms with Crippen molar-refractivity contribution in [1.82, 2.24) is 4.57 Å². The van der Waals surface area contributed by atoms with Crippen LogP contribution in [0, 0.1) is 0 Å². The fourth-order valence-corrected chi connectivity index (χ4v) is 5.86. The van der Waals surface area contributed by atoms with E-state index in [0.29, 0.717) is 0 Å². The van der Waals surface area contributed by atoms with Crippen LogP contribution in [0.25, 0.3) is 49.4 Å². The van der Waals surface area contributed by atoms with Crippen molar-refractivity contribution in [1.29, 1.82) is 0 Å². The Bertz CT molecular complexity index is 2120. The zero-order valence-electron chi connectivity index (χ0n) is 21.2. The van der Waals surface area contributed by atoms with Crippen molar-refractivity contribution < 1.29 is 4.42 Å². The number of furan rings is 1. The molecule has 0 saturated carbocycles. The average molecular weight is 501 g/mol. The molecule has 0 bridgehead atoms. The average Bonchev–Trinajstić information content (AvgIpc) is 3.53. The van der Waals surface area contributed by atoms with Gasteiger partial charge in [-0.2, -0.15) is 0 Å². The maximum atomic E-state index is 6.40. The molecule has 0 aliphatic carbocycles.